The molecule has 0 saturated carbocycles. The van der Waals surface area contributed by atoms with Gasteiger partial charge in [-0.05, 0) is 19.3 Å². The molecule has 5 heteroatoms. The van der Waals surface area contributed by atoms with Crippen LogP contribution in [-0.2, 0) is 13.1 Å². The molecule has 1 heterocycles. The van der Waals surface area contributed by atoms with Crippen LogP contribution in [0.25, 0.3) is 0 Å². The van der Waals surface area contributed by atoms with Gasteiger partial charge >= 0.3 is 0 Å². The number of aromatic nitrogens is 3. The van der Waals surface area contributed by atoms with Gasteiger partial charge < -0.3 is 0 Å². The van der Waals surface area contributed by atoms with Crippen LogP contribution >= 0.6 is 0 Å². The molecule has 2 aromatic rings. The second-order valence-electron chi connectivity index (χ2n) is 6.65. The van der Waals surface area contributed by atoms with E-state index in [0.29, 0.717) is 35.6 Å². The molecule has 0 N–H and O–H groups in total. The van der Waals surface area contributed by atoms with Gasteiger partial charge in [-0.15, -0.1) is 9.36 Å². The van der Waals surface area contributed by atoms with E-state index in [9.17, 15) is 9.59 Å². The molecule has 0 saturated heterocycles. The van der Waals surface area contributed by atoms with Crippen LogP contribution in [0.3, 0.4) is 0 Å². The molecule has 0 radical (unpaired) electrons. The van der Waals surface area contributed by atoms with Gasteiger partial charge in [0.05, 0.1) is 5.21 Å². The molecule has 1 aromatic carbocycles. The first-order chi connectivity index (χ1) is 12.2. The van der Waals surface area contributed by atoms with Crippen LogP contribution in [0.5, 0.6) is 0 Å². The van der Waals surface area contributed by atoms with Crippen LogP contribution < -0.4 is 4.68 Å². The molecule has 0 atom stereocenters. The smallest absolute Gasteiger partial charge is 0.249 e. The fourth-order valence-electron chi connectivity index (χ4n) is 3.36. The van der Waals surface area contributed by atoms with E-state index in [1.54, 1.807) is 27.6 Å². The number of rotatable bonds is 8. The van der Waals surface area contributed by atoms with Gasteiger partial charge in [0.2, 0.25) is 23.0 Å². The lowest BCUT2D eigenvalue weighted by atomic mass is 9.90. The lowest BCUT2D eigenvalue weighted by Gasteiger charge is -2.11. The standard InChI is InChI=1S/C20H26N3O2/c1-3-5-7-10-14-23-18-17(22(21-23)13-6-4-2)19(24)15-11-8-9-12-16(15)20(18)25/h8-9,11-12H,3-7,10,13-14H2,1-2H3/q+1. The van der Waals surface area contributed by atoms with Gasteiger partial charge in [-0.3, -0.25) is 9.59 Å². The first-order valence-electron chi connectivity index (χ1n) is 9.38. The van der Waals surface area contributed by atoms with Crippen molar-refractivity contribution in [2.24, 2.45) is 0 Å². The van der Waals surface area contributed by atoms with Gasteiger partial charge in [-0.25, -0.2) is 0 Å². The van der Waals surface area contributed by atoms with E-state index >= 15 is 0 Å². The molecule has 1 aliphatic rings. The summed E-state index contributed by atoms with van der Waals surface area (Å²) in [5, 5.41) is 4.60. The molecule has 25 heavy (non-hydrogen) atoms. The molecule has 1 aromatic heterocycles. The van der Waals surface area contributed by atoms with Crippen molar-refractivity contribution < 1.29 is 14.3 Å². The van der Waals surface area contributed by atoms with Gasteiger partial charge in [-0.2, -0.15) is 0 Å². The van der Waals surface area contributed by atoms with Crippen molar-refractivity contribution in [3.8, 4) is 0 Å². The Bertz CT molecular complexity index is 792. The Kier molecular flexibility index (Phi) is 5.41. The number of nitrogens with zero attached hydrogens (tertiary/aromatic N) is 3. The number of hydrogen-bond acceptors (Lipinski definition) is 3. The molecular weight excluding hydrogens is 314 g/mol. The summed E-state index contributed by atoms with van der Waals surface area (Å²) in [6.07, 6.45) is 6.38. The second kappa shape index (κ2) is 7.72. The summed E-state index contributed by atoms with van der Waals surface area (Å²) in [7, 11) is 0. The number of unbranched alkanes of at least 4 members (excludes halogenated alkanes) is 4. The van der Waals surface area contributed by atoms with Gasteiger partial charge in [0.1, 0.15) is 13.1 Å². The minimum Gasteiger partial charge on any atom is -0.284 e. The Labute approximate surface area is 148 Å². The average Bonchev–Trinajstić information content (AvgIpc) is 3.00. The van der Waals surface area contributed by atoms with Crippen LogP contribution in [0.15, 0.2) is 24.3 Å². The third-order valence-corrected chi connectivity index (χ3v) is 4.75. The minimum absolute atomic E-state index is 0.0801. The maximum absolute atomic E-state index is 13.0. The van der Waals surface area contributed by atoms with Gasteiger partial charge in [0.15, 0.2) is 0 Å². The summed E-state index contributed by atoms with van der Waals surface area (Å²) in [6, 6.07) is 7.09. The molecule has 5 nitrogen and oxygen atoms in total. The first-order valence-corrected chi connectivity index (χ1v) is 9.38. The highest BCUT2D eigenvalue weighted by Crippen LogP contribution is 2.25. The Morgan fingerprint density at radius 3 is 2.28 bits per heavy atom. The SMILES string of the molecule is CCCCCC[n+]1nn(CCCC)c2c1C(=O)c1ccccc1C2=O. The molecule has 132 valence electrons. The summed E-state index contributed by atoms with van der Waals surface area (Å²) in [4.78, 5) is 26.0. The second-order valence-corrected chi connectivity index (χ2v) is 6.65. The molecule has 0 unspecified atom stereocenters. The highest BCUT2D eigenvalue weighted by atomic mass is 16.1. The van der Waals surface area contributed by atoms with Crippen LogP contribution in [0.2, 0.25) is 0 Å². The summed E-state index contributed by atoms with van der Waals surface area (Å²) in [5.41, 5.74) is 1.93. The van der Waals surface area contributed by atoms with Crippen LogP contribution in [0.1, 0.15) is 84.5 Å². The fourth-order valence-corrected chi connectivity index (χ4v) is 3.36. The molecule has 0 bridgehead atoms. The van der Waals surface area contributed by atoms with E-state index in [4.69, 9.17) is 0 Å². The molecule has 0 fully saturated rings. The zero-order chi connectivity index (χ0) is 17.8. The number of ketones is 2. The molecular formula is C20H26N3O2+. The number of carbonyl (C=O) groups is 2. The zero-order valence-corrected chi connectivity index (χ0v) is 15.1. The van der Waals surface area contributed by atoms with Crippen molar-refractivity contribution in [1.82, 2.24) is 9.90 Å². The predicted octanol–water partition coefficient (Wildman–Crippen LogP) is 3.33. The van der Waals surface area contributed by atoms with Gasteiger partial charge in [0, 0.05) is 11.1 Å². The summed E-state index contributed by atoms with van der Waals surface area (Å²) in [5.74, 6) is -0.162. The Morgan fingerprint density at radius 1 is 0.920 bits per heavy atom. The summed E-state index contributed by atoms with van der Waals surface area (Å²) in [6.45, 7) is 5.63. The molecule has 1 aliphatic carbocycles. The molecule has 0 aliphatic heterocycles. The van der Waals surface area contributed by atoms with Crippen molar-refractivity contribution in [2.75, 3.05) is 0 Å². The van der Waals surface area contributed by atoms with Crippen molar-refractivity contribution in [1.29, 1.82) is 0 Å². The number of carbonyl (C=O) groups excluding carboxylic acids is 2. The third kappa shape index (κ3) is 3.28. The number of aryl methyl sites for hydroxylation is 2. The minimum atomic E-state index is -0.0823. The molecule has 0 amide bonds. The Morgan fingerprint density at radius 2 is 1.60 bits per heavy atom. The molecule has 0 spiro atoms. The lowest BCUT2D eigenvalue weighted by Crippen LogP contribution is -2.43. The lowest BCUT2D eigenvalue weighted by molar-refractivity contribution is -0.757. The maximum atomic E-state index is 13.0. The highest BCUT2D eigenvalue weighted by Gasteiger charge is 2.42. The van der Waals surface area contributed by atoms with E-state index in [1.165, 1.54) is 12.8 Å². The van der Waals surface area contributed by atoms with E-state index in [0.717, 1.165) is 25.7 Å². The summed E-state index contributed by atoms with van der Waals surface area (Å²) < 4.78 is 3.51. The fraction of sp³-hybridized carbons (Fsp3) is 0.500. The normalized spacial score (nSPS) is 13.0. The quantitative estimate of drug-likeness (QED) is 0.467. The third-order valence-electron chi connectivity index (χ3n) is 4.75. The van der Waals surface area contributed by atoms with E-state index in [1.807, 2.05) is 6.07 Å². The monoisotopic (exact) mass is 340 g/mol. The van der Waals surface area contributed by atoms with Crippen molar-refractivity contribution in [3.63, 3.8) is 0 Å². The van der Waals surface area contributed by atoms with Crippen LogP contribution in [-0.4, -0.2) is 21.5 Å². The Balaban J connectivity index is 2.00. The average molecular weight is 340 g/mol. The topological polar surface area (TPSA) is 55.8 Å². The van der Waals surface area contributed by atoms with Crippen LogP contribution in [0.4, 0.5) is 0 Å². The van der Waals surface area contributed by atoms with Crippen molar-refractivity contribution in [2.45, 2.75) is 65.5 Å². The van der Waals surface area contributed by atoms with E-state index < -0.39 is 0 Å². The van der Waals surface area contributed by atoms with Crippen molar-refractivity contribution in [3.05, 3.63) is 46.8 Å². The maximum Gasteiger partial charge on any atom is 0.249 e. The number of hydrogen-bond donors (Lipinski definition) is 0. The Hall–Kier alpha value is -2.30. The highest BCUT2D eigenvalue weighted by molar-refractivity contribution is 6.26. The predicted molar refractivity (Wildman–Crippen MR) is 94.8 cm³/mol. The first kappa shape index (κ1) is 17.5. The zero-order valence-electron chi connectivity index (χ0n) is 15.1. The largest absolute Gasteiger partial charge is 0.284 e. The van der Waals surface area contributed by atoms with E-state index in [-0.39, 0.29) is 11.6 Å². The van der Waals surface area contributed by atoms with Gasteiger partial charge in [-0.1, -0.05) is 57.4 Å². The number of fused-ring (bicyclic) bond motifs is 2. The number of benzene rings is 1. The van der Waals surface area contributed by atoms with E-state index in [2.05, 4.69) is 19.1 Å². The summed E-state index contributed by atoms with van der Waals surface area (Å²) >= 11 is 0. The van der Waals surface area contributed by atoms with Gasteiger partial charge in [0.25, 0.3) is 0 Å². The van der Waals surface area contributed by atoms with Crippen LogP contribution in [0, 0.1) is 0 Å². The van der Waals surface area contributed by atoms with Crippen molar-refractivity contribution >= 4 is 11.6 Å². The molecule has 3 rings (SSSR count).